The van der Waals surface area contributed by atoms with Crippen molar-refractivity contribution < 1.29 is 23.8 Å². The summed E-state index contributed by atoms with van der Waals surface area (Å²) in [5, 5.41) is 0.585. The molecule has 1 heterocycles. The Labute approximate surface area is 244 Å². The van der Waals surface area contributed by atoms with Crippen molar-refractivity contribution in [1.29, 1.82) is 0 Å². The van der Waals surface area contributed by atoms with Crippen molar-refractivity contribution in [1.82, 2.24) is 4.90 Å². The van der Waals surface area contributed by atoms with E-state index in [1.54, 1.807) is 24.3 Å². The van der Waals surface area contributed by atoms with Gasteiger partial charge in [-0.15, -0.1) is 0 Å². The molecule has 2 amide bonds. The first-order chi connectivity index (χ1) is 18.2. The standard InChI is InChI=1S/C28H24BrCl2NO5S/c1-3-35-24-14-19(12-21(29)26(24)37-16-18-7-8-22(30)23(31)13-18)15-25-27(33)32(28(34)38-25)9-10-36-20-6-4-5-17(2)11-20/h4-8,11-15H,3,9-10,16H2,1-2H3/b25-15-. The van der Waals surface area contributed by atoms with Gasteiger partial charge in [-0.2, -0.15) is 0 Å². The summed E-state index contributed by atoms with van der Waals surface area (Å²) in [7, 11) is 0. The molecule has 0 aliphatic carbocycles. The van der Waals surface area contributed by atoms with Gasteiger partial charge >= 0.3 is 0 Å². The molecule has 1 fully saturated rings. The van der Waals surface area contributed by atoms with Crippen LogP contribution in [-0.2, 0) is 11.4 Å². The molecule has 1 saturated heterocycles. The molecule has 4 rings (SSSR count). The average Bonchev–Trinajstić information content (AvgIpc) is 3.13. The van der Waals surface area contributed by atoms with Gasteiger partial charge in [-0.3, -0.25) is 14.5 Å². The van der Waals surface area contributed by atoms with Crippen LogP contribution in [0.1, 0.15) is 23.6 Å². The van der Waals surface area contributed by atoms with Crippen molar-refractivity contribution in [3.05, 3.63) is 90.7 Å². The minimum Gasteiger partial charge on any atom is -0.492 e. The van der Waals surface area contributed by atoms with Gasteiger partial charge in [-0.05, 0) is 101 Å². The second kappa shape index (κ2) is 12.9. The second-order valence-corrected chi connectivity index (χ2v) is 11.0. The fourth-order valence-electron chi connectivity index (χ4n) is 3.66. The summed E-state index contributed by atoms with van der Waals surface area (Å²) in [5.41, 5.74) is 2.60. The quantitative estimate of drug-likeness (QED) is 0.209. The summed E-state index contributed by atoms with van der Waals surface area (Å²) in [6.45, 7) is 4.87. The lowest BCUT2D eigenvalue weighted by molar-refractivity contribution is -0.123. The Morgan fingerprint density at radius 2 is 1.82 bits per heavy atom. The number of carbonyl (C=O) groups excluding carboxylic acids is 2. The SMILES string of the molecule is CCOc1cc(/C=C2\SC(=O)N(CCOc3cccc(C)c3)C2=O)cc(Br)c1OCc1ccc(Cl)c(Cl)c1. The summed E-state index contributed by atoms with van der Waals surface area (Å²) < 4.78 is 18.2. The van der Waals surface area contributed by atoms with Gasteiger partial charge in [0.15, 0.2) is 11.5 Å². The van der Waals surface area contributed by atoms with Crippen LogP contribution in [0.15, 0.2) is 64.0 Å². The normalized spacial score (nSPS) is 14.3. The van der Waals surface area contributed by atoms with Crippen molar-refractivity contribution in [3.63, 3.8) is 0 Å². The summed E-state index contributed by atoms with van der Waals surface area (Å²) in [4.78, 5) is 27.0. The van der Waals surface area contributed by atoms with Gasteiger partial charge in [0.1, 0.15) is 19.0 Å². The molecule has 198 valence electrons. The lowest BCUT2D eigenvalue weighted by Gasteiger charge is -2.15. The molecule has 0 spiro atoms. The van der Waals surface area contributed by atoms with Gasteiger partial charge in [0.05, 0.1) is 32.6 Å². The van der Waals surface area contributed by atoms with E-state index in [1.807, 2.05) is 50.2 Å². The van der Waals surface area contributed by atoms with Crippen molar-refractivity contribution in [3.8, 4) is 17.2 Å². The highest BCUT2D eigenvalue weighted by molar-refractivity contribution is 9.10. The number of amides is 2. The zero-order valence-corrected chi connectivity index (χ0v) is 24.5. The Hall–Kier alpha value is -2.65. The van der Waals surface area contributed by atoms with Gasteiger partial charge in [-0.1, -0.05) is 41.4 Å². The van der Waals surface area contributed by atoms with E-state index in [1.165, 1.54) is 4.90 Å². The third-order valence-corrected chi connectivity index (χ3v) is 7.68. The smallest absolute Gasteiger partial charge is 0.293 e. The van der Waals surface area contributed by atoms with E-state index in [0.29, 0.717) is 48.8 Å². The highest BCUT2D eigenvalue weighted by Crippen LogP contribution is 2.40. The molecule has 1 aliphatic rings. The van der Waals surface area contributed by atoms with E-state index in [2.05, 4.69) is 15.9 Å². The number of halogens is 3. The minimum absolute atomic E-state index is 0.158. The van der Waals surface area contributed by atoms with E-state index in [-0.39, 0.29) is 30.9 Å². The van der Waals surface area contributed by atoms with E-state index in [9.17, 15) is 9.59 Å². The molecule has 0 radical (unpaired) electrons. The van der Waals surface area contributed by atoms with Gasteiger partial charge in [-0.25, -0.2) is 0 Å². The van der Waals surface area contributed by atoms with Crippen LogP contribution < -0.4 is 14.2 Å². The molecule has 3 aromatic carbocycles. The van der Waals surface area contributed by atoms with Crippen LogP contribution in [0, 0.1) is 6.92 Å². The van der Waals surface area contributed by atoms with E-state index < -0.39 is 0 Å². The maximum absolute atomic E-state index is 13.0. The maximum Gasteiger partial charge on any atom is 0.293 e. The van der Waals surface area contributed by atoms with E-state index in [0.717, 1.165) is 22.9 Å². The molecule has 0 N–H and O–H groups in total. The summed E-state index contributed by atoms with van der Waals surface area (Å²) >= 11 is 16.6. The highest BCUT2D eigenvalue weighted by atomic mass is 79.9. The number of imide groups is 1. The highest BCUT2D eigenvalue weighted by Gasteiger charge is 2.35. The first-order valence-electron chi connectivity index (χ1n) is 11.7. The Morgan fingerprint density at radius 1 is 1.00 bits per heavy atom. The first kappa shape index (κ1) is 28.4. The Morgan fingerprint density at radius 3 is 2.55 bits per heavy atom. The lowest BCUT2D eigenvalue weighted by Crippen LogP contribution is -2.32. The molecule has 3 aromatic rings. The van der Waals surface area contributed by atoms with Crippen LogP contribution in [0.4, 0.5) is 4.79 Å². The number of nitrogens with zero attached hydrogens (tertiary/aromatic N) is 1. The van der Waals surface area contributed by atoms with Gasteiger partial charge < -0.3 is 14.2 Å². The molecule has 0 saturated carbocycles. The first-order valence-corrected chi connectivity index (χ1v) is 14.1. The number of thioether (sulfide) groups is 1. The molecular weight excluding hydrogens is 613 g/mol. The zero-order chi connectivity index (χ0) is 27.2. The summed E-state index contributed by atoms with van der Waals surface area (Å²) in [5.74, 6) is 1.35. The van der Waals surface area contributed by atoms with Crippen molar-refractivity contribution in [2.45, 2.75) is 20.5 Å². The molecule has 0 atom stereocenters. The predicted octanol–water partition coefficient (Wildman–Crippen LogP) is 8.16. The third kappa shape index (κ3) is 7.05. The lowest BCUT2D eigenvalue weighted by atomic mass is 10.1. The van der Waals surface area contributed by atoms with Gasteiger partial charge in [0.2, 0.25) is 0 Å². The number of ether oxygens (including phenoxy) is 3. The Bertz CT molecular complexity index is 1400. The number of hydrogen-bond donors (Lipinski definition) is 0. The summed E-state index contributed by atoms with van der Waals surface area (Å²) in [6.07, 6.45) is 1.67. The molecule has 6 nitrogen and oxygen atoms in total. The minimum atomic E-state index is -0.359. The Balaban J connectivity index is 1.46. The molecule has 0 aromatic heterocycles. The van der Waals surface area contributed by atoms with Crippen molar-refractivity contribution >= 4 is 68.1 Å². The number of carbonyl (C=O) groups is 2. The van der Waals surface area contributed by atoms with Crippen LogP contribution in [-0.4, -0.2) is 35.8 Å². The fraction of sp³-hybridized carbons (Fsp3) is 0.214. The van der Waals surface area contributed by atoms with Crippen molar-refractivity contribution in [2.24, 2.45) is 0 Å². The Kier molecular flexibility index (Phi) is 9.65. The number of rotatable bonds is 10. The van der Waals surface area contributed by atoms with Gasteiger partial charge in [0.25, 0.3) is 11.1 Å². The predicted molar refractivity (Wildman–Crippen MR) is 155 cm³/mol. The van der Waals surface area contributed by atoms with Crippen LogP contribution >= 0.6 is 50.9 Å². The van der Waals surface area contributed by atoms with Crippen molar-refractivity contribution in [2.75, 3.05) is 19.8 Å². The molecule has 38 heavy (non-hydrogen) atoms. The second-order valence-electron chi connectivity index (χ2n) is 8.30. The maximum atomic E-state index is 13.0. The molecule has 1 aliphatic heterocycles. The van der Waals surface area contributed by atoms with Crippen LogP contribution in [0.25, 0.3) is 6.08 Å². The van der Waals surface area contributed by atoms with Gasteiger partial charge in [0, 0.05) is 0 Å². The molecule has 0 unspecified atom stereocenters. The zero-order valence-electron chi connectivity index (χ0n) is 20.6. The summed E-state index contributed by atoms with van der Waals surface area (Å²) in [6, 6.07) is 16.5. The number of benzene rings is 3. The third-order valence-electron chi connectivity index (χ3n) is 5.44. The molecule has 0 bridgehead atoms. The fourth-order valence-corrected chi connectivity index (χ4v) is 5.42. The number of aryl methyl sites for hydroxylation is 1. The average molecular weight is 637 g/mol. The van der Waals surface area contributed by atoms with E-state index >= 15 is 0 Å². The number of hydrogen-bond acceptors (Lipinski definition) is 6. The van der Waals surface area contributed by atoms with Crippen LogP contribution in [0.2, 0.25) is 10.0 Å². The molecular formula is C28H24BrCl2NO5S. The molecule has 10 heteroatoms. The van der Waals surface area contributed by atoms with Crippen LogP contribution in [0.3, 0.4) is 0 Å². The largest absolute Gasteiger partial charge is 0.492 e. The monoisotopic (exact) mass is 635 g/mol. The topological polar surface area (TPSA) is 65.1 Å². The van der Waals surface area contributed by atoms with E-state index in [4.69, 9.17) is 37.4 Å². The van der Waals surface area contributed by atoms with Crippen LogP contribution in [0.5, 0.6) is 17.2 Å².